The number of carbonyl (C=O) groups is 1. The fourth-order valence-electron chi connectivity index (χ4n) is 3.35. The number of carbonyl (C=O) groups excluding carboxylic acids is 1. The fraction of sp³-hybridized carbons (Fsp3) is 0.286. The number of para-hydroxylation sites is 1. The van der Waals surface area contributed by atoms with E-state index in [-0.39, 0.29) is 22.4 Å². The lowest BCUT2D eigenvalue weighted by Gasteiger charge is -2.26. The van der Waals surface area contributed by atoms with Crippen LogP contribution in [0.3, 0.4) is 0 Å². The molecular formula is C21H21ClN6O4S. The summed E-state index contributed by atoms with van der Waals surface area (Å²) in [5.74, 6) is 0.507. The van der Waals surface area contributed by atoms with Crippen LogP contribution in [0, 0.1) is 10.1 Å². The number of aromatic nitrogens is 3. The number of thioether (sulfide) groups is 1. The fourth-order valence-corrected chi connectivity index (χ4v) is 4.31. The van der Waals surface area contributed by atoms with Crippen molar-refractivity contribution in [3.05, 3.63) is 69.5 Å². The number of nitrogens with zero attached hydrogens (tertiary/aromatic N) is 5. The predicted molar refractivity (Wildman–Crippen MR) is 125 cm³/mol. The van der Waals surface area contributed by atoms with Crippen LogP contribution < -0.4 is 5.32 Å². The average molecular weight is 489 g/mol. The van der Waals surface area contributed by atoms with Crippen molar-refractivity contribution in [2.24, 2.45) is 0 Å². The molecule has 12 heteroatoms. The summed E-state index contributed by atoms with van der Waals surface area (Å²) >= 11 is 7.07. The summed E-state index contributed by atoms with van der Waals surface area (Å²) in [7, 11) is 0. The molecule has 2 aromatic carbocycles. The molecule has 0 saturated carbocycles. The Morgan fingerprint density at radius 3 is 2.67 bits per heavy atom. The van der Waals surface area contributed by atoms with Crippen molar-refractivity contribution in [3.63, 3.8) is 0 Å². The normalized spacial score (nSPS) is 14.2. The van der Waals surface area contributed by atoms with Crippen LogP contribution in [0.1, 0.15) is 5.82 Å². The molecule has 0 radical (unpaired) electrons. The first-order valence-electron chi connectivity index (χ1n) is 10.2. The zero-order valence-corrected chi connectivity index (χ0v) is 19.1. The highest BCUT2D eigenvalue weighted by molar-refractivity contribution is 7.99. The van der Waals surface area contributed by atoms with E-state index in [1.165, 1.54) is 30.0 Å². The number of morpholine rings is 1. The quantitative estimate of drug-likeness (QED) is 0.291. The van der Waals surface area contributed by atoms with Crippen LogP contribution in [0.5, 0.6) is 0 Å². The summed E-state index contributed by atoms with van der Waals surface area (Å²) in [4.78, 5) is 25.2. The minimum atomic E-state index is -0.592. The molecule has 3 aromatic rings. The largest absolute Gasteiger partial charge is 0.379 e. The number of nitrogens with one attached hydrogen (secondary N) is 1. The number of amides is 1. The minimum Gasteiger partial charge on any atom is -0.379 e. The van der Waals surface area contributed by atoms with Gasteiger partial charge in [0.1, 0.15) is 5.02 Å². The van der Waals surface area contributed by atoms with Gasteiger partial charge in [-0.2, -0.15) is 0 Å². The van der Waals surface area contributed by atoms with Gasteiger partial charge in [0, 0.05) is 30.5 Å². The Balaban J connectivity index is 1.48. The molecule has 1 amide bonds. The van der Waals surface area contributed by atoms with E-state index in [4.69, 9.17) is 16.3 Å². The van der Waals surface area contributed by atoms with Crippen LogP contribution in [0.2, 0.25) is 5.02 Å². The molecule has 10 nitrogen and oxygen atoms in total. The molecule has 1 aliphatic rings. The SMILES string of the molecule is O=C(CSc1nnc(CN2CCOCC2)n1-c1ccccc1)Nc1ccc(Cl)c([N+](=O)[O-])c1. The van der Waals surface area contributed by atoms with Gasteiger partial charge in [0.2, 0.25) is 5.91 Å². The maximum absolute atomic E-state index is 12.5. The minimum absolute atomic E-state index is 0.0103. The van der Waals surface area contributed by atoms with Gasteiger partial charge in [0.15, 0.2) is 11.0 Å². The summed E-state index contributed by atoms with van der Waals surface area (Å²) in [6.45, 7) is 3.63. The Kier molecular flexibility index (Phi) is 7.55. The molecule has 33 heavy (non-hydrogen) atoms. The number of anilines is 1. The molecule has 2 heterocycles. The van der Waals surface area contributed by atoms with Crippen molar-refractivity contribution in [1.29, 1.82) is 0 Å². The number of hydrogen-bond donors (Lipinski definition) is 1. The molecule has 1 N–H and O–H groups in total. The van der Waals surface area contributed by atoms with Crippen LogP contribution in [0.25, 0.3) is 5.69 Å². The third-order valence-corrected chi connectivity index (χ3v) is 6.19. The van der Waals surface area contributed by atoms with Crippen LogP contribution in [0.4, 0.5) is 11.4 Å². The molecule has 1 aliphatic heterocycles. The van der Waals surface area contributed by atoms with Crippen LogP contribution in [-0.4, -0.2) is 62.6 Å². The van der Waals surface area contributed by atoms with Gasteiger partial charge >= 0.3 is 0 Å². The second-order valence-electron chi connectivity index (χ2n) is 7.22. The third kappa shape index (κ3) is 5.88. The highest BCUT2D eigenvalue weighted by Crippen LogP contribution is 2.28. The molecule has 0 spiro atoms. The van der Waals surface area contributed by atoms with Gasteiger partial charge in [-0.1, -0.05) is 41.6 Å². The highest BCUT2D eigenvalue weighted by atomic mass is 35.5. The average Bonchev–Trinajstić information content (AvgIpc) is 3.22. The van der Waals surface area contributed by atoms with E-state index in [2.05, 4.69) is 20.4 Å². The van der Waals surface area contributed by atoms with E-state index < -0.39 is 4.92 Å². The first-order chi connectivity index (χ1) is 16.0. The molecule has 1 saturated heterocycles. The van der Waals surface area contributed by atoms with E-state index in [1.54, 1.807) is 0 Å². The summed E-state index contributed by atoms with van der Waals surface area (Å²) in [6.07, 6.45) is 0. The Labute approximate surface area is 199 Å². The number of benzene rings is 2. The lowest BCUT2D eigenvalue weighted by Crippen LogP contribution is -2.36. The Hall–Kier alpha value is -2.99. The molecule has 0 aliphatic carbocycles. The third-order valence-electron chi connectivity index (χ3n) is 4.94. The van der Waals surface area contributed by atoms with Gasteiger partial charge in [-0.05, 0) is 24.3 Å². The maximum Gasteiger partial charge on any atom is 0.289 e. The van der Waals surface area contributed by atoms with Crippen molar-refractivity contribution in [2.75, 3.05) is 37.4 Å². The van der Waals surface area contributed by atoms with Crippen molar-refractivity contribution in [2.45, 2.75) is 11.7 Å². The van der Waals surface area contributed by atoms with E-state index in [1.807, 2.05) is 34.9 Å². The summed E-state index contributed by atoms with van der Waals surface area (Å²) in [5, 5.41) is 23.0. The van der Waals surface area contributed by atoms with Crippen LogP contribution in [-0.2, 0) is 16.1 Å². The number of ether oxygens (including phenoxy) is 1. The molecule has 172 valence electrons. The smallest absolute Gasteiger partial charge is 0.289 e. The molecule has 0 unspecified atom stereocenters. The maximum atomic E-state index is 12.5. The number of halogens is 1. The summed E-state index contributed by atoms with van der Waals surface area (Å²) < 4.78 is 7.37. The molecule has 0 bridgehead atoms. The van der Waals surface area contributed by atoms with Gasteiger partial charge in [-0.15, -0.1) is 10.2 Å². The summed E-state index contributed by atoms with van der Waals surface area (Å²) in [6, 6.07) is 13.9. The Morgan fingerprint density at radius 1 is 1.18 bits per heavy atom. The van der Waals surface area contributed by atoms with Gasteiger partial charge in [-0.3, -0.25) is 24.4 Å². The van der Waals surface area contributed by atoms with E-state index >= 15 is 0 Å². The van der Waals surface area contributed by atoms with E-state index in [0.717, 1.165) is 24.6 Å². The second kappa shape index (κ2) is 10.8. The van der Waals surface area contributed by atoms with Crippen molar-refractivity contribution < 1.29 is 14.5 Å². The lowest BCUT2D eigenvalue weighted by atomic mass is 10.3. The first kappa shape index (κ1) is 23.2. The zero-order valence-electron chi connectivity index (χ0n) is 17.5. The molecule has 1 fully saturated rings. The van der Waals surface area contributed by atoms with Crippen LogP contribution >= 0.6 is 23.4 Å². The highest BCUT2D eigenvalue weighted by Gasteiger charge is 2.20. The van der Waals surface area contributed by atoms with Crippen molar-refractivity contribution in [3.8, 4) is 5.69 Å². The Morgan fingerprint density at radius 2 is 1.94 bits per heavy atom. The van der Waals surface area contributed by atoms with Gasteiger partial charge in [-0.25, -0.2) is 0 Å². The second-order valence-corrected chi connectivity index (χ2v) is 8.57. The van der Waals surface area contributed by atoms with Gasteiger partial charge in [0.05, 0.1) is 30.4 Å². The molecule has 4 rings (SSSR count). The lowest BCUT2D eigenvalue weighted by molar-refractivity contribution is -0.384. The standard InChI is InChI=1S/C21H21ClN6O4S/c22-17-7-6-15(12-18(17)28(30)31)23-20(29)14-33-21-25-24-19(13-26-8-10-32-11-9-26)27(21)16-4-2-1-3-5-16/h1-7,12H,8-11,13-14H2,(H,23,29). The van der Waals surface area contributed by atoms with Crippen molar-refractivity contribution >= 4 is 40.6 Å². The first-order valence-corrected chi connectivity index (χ1v) is 11.5. The molecule has 0 atom stereocenters. The number of hydrogen-bond acceptors (Lipinski definition) is 8. The monoisotopic (exact) mass is 488 g/mol. The van der Waals surface area contributed by atoms with E-state index in [0.29, 0.717) is 30.6 Å². The van der Waals surface area contributed by atoms with E-state index in [9.17, 15) is 14.9 Å². The van der Waals surface area contributed by atoms with Gasteiger partial charge in [0.25, 0.3) is 5.69 Å². The predicted octanol–water partition coefficient (Wildman–Crippen LogP) is 3.39. The number of nitro groups is 1. The van der Waals surface area contributed by atoms with Crippen molar-refractivity contribution in [1.82, 2.24) is 19.7 Å². The topological polar surface area (TPSA) is 115 Å². The summed E-state index contributed by atoms with van der Waals surface area (Å²) in [5.41, 5.74) is 0.940. The number of nitro benzene ring substituents is 1. The zero-order chi connectivity index (χ0) is 23.2. The Bertz CT molecular complexity index is 1140. The van der Waals surface area contributed by atoms with Crippen LogP contribution in [0.15, 0.2) is 53.7 Å². The molecule has 1 aromatic heterocycles. The number of rotatable bonds is 8. The van der Waals surface area contributed by atoms with Gasteiger partial charge < -0.3 is 10.1 Å². The molecular weight excluding hydrogens is 468 g/mol.